The SMILES string of the molecule is Cn1c(CCCc2ccc(OC(C)(C)C(=O)O)cc2)nn(Cc2cccc(SC(F)(F)F)c2)c1=O. The molecule has 0 unspecified atom stereocenters. The zero-order valence-electron chi connectivity index (χ0n) is 19.5. The van der Waals surface area contributed by atoms with Crippen molar-refractivity contribution in [2.24, 2.45) is 7.05 Å². The minimum Gasteiger partial charge on any atom is -0.478 e. The van der Waals surface area contributed by atoms with Crippen LogP contribution in [-0.4, -0.2) is 36.5 Å². The number of aliphatic carboxylic acids is 1. The fourth-order valence-corrected chi connectivity index (χ4v) is 4.00. The molecule has 3 aromatic rings. The van der Waals surface area contributed by atoms with Crippen molar-refractivity contribution in [2.75, 3.05) is 0 Å². The van der Waals surface area contributed by atoms with Crippen LogP contribution in [0.4, 0.5) is 13.2 Å². The second-order valence-electron chi connectivity index (χ2n) is 8.53. The van der Waals surface area contributed by atoms with Gasteiger partial charge in [-0.3, -0.25) is 4.57 Å². The Labute approximate surface area is 204 Å². The summed E-state index contributed by atoms with van der Waals surface area (Å²) in [5.74, 6) is -0.0153. The number of carboxylic acid groups (broad SMARTS) is 1. The minimum atomic E-state index is -4.38. The predicted molar refractivity (Wildman–Crippen MR) is 126 cm³/mol. The van der Waals surface area contributed by atoms with E-state index in [9.17, 15) is 22.8 Å². The number of hydrogen-bond donors (Lipinski definition) is 1. The number of halogens is 3. The molecule has 1 heterocycles. The van der Waals surface area contributed by atoms with Crippen molar-refractivity contribution < 1.29 is 27.8 Å². The van der Waals surface area contributed by atoms with Gasteiger partial charge in [-0.25, -0.2) is 14.3 Å². The number of aryl methyl sites for hydroxylation is 2. The van der Waals surface area contributed by atoms with E-state index in [0.29, 0.717) is 36.4 Å². The van der Waals surface area contributed by atoms with Crippen LogP contribution in [0, 0.1) is 0 Å². The van der Waals surface area contributed by atoms with Crippen molar-refractivity contribution in [1.29, 1.82) is 0 Å². The van der Waals surface area contributed by atoms with Gasteiger partial charge in [0.05, 0.1) is 6.54 Å². The highest BCUT2D eigenvalue weighted by molar-refractivity contribution is 8.00. The molecule has 2 aromatic carbocycles. The highest BCUT2D eigenvalue weighted by atomic mass is 32.2. The maximum absolute atomic E-state index is 12.6. The molecule has 0 amide bonds. The zero-order chi connectivity index (χ0) is 25.8. The molecule has 7 nitrogen and oxygen atoms in total. The Bertz CT molecular complexity index is 1230. The molecular weight excluding hydrogens is 483 g/mol. The van der Waals surface area contributed by atoms with Crippen LogP contribution in [0.15, 0.2) is 58.2 Å². The molecular formula is C24H26F3N3O4S. The molecule has 3 rings (SSSR count). The van der Waals surface area contributed by atoms with Crippen LogP contribution in [0.2, 0.25) is 0 Å². The van der Waals surface area contributed by atoms with Crippen LogP contribution < -0.4 is 10.4 Å². The molecule has 188 valence electrons. The van der Waals surface area contributed by atoms with Crippen LogP contribution in [0.3, 0.4) is 0 Å². The zero-order valence-corrected chi connectivity index (χ0v) is 20.3. The summed E-state index contributed by atoms with van der Waals surface area (Å²) in [6.45, 7) is 3.03. The lowest BCUT2D eigenvalue weighted by atomic mass is 10.1. The first kappa shape index (κ1) is 26.4. The summed E-state index contributed by atoms with van der Waals surface area (Å²) in [7, 11) is 1.62. The molecule has 0 spiro atoms. The van der Waals surface area contributed by atoms with Crippen molar-refractivity contribution >= 4 is 17.7 Å². The third-order valence-corrected chi connectivity index (χ3v) is 5.99. The predicted octanol–water partition coefficient (Wildman–Crippen LogP) is 4.66. The van der Waals surface area contributed by atoms with E-state index in [1.165, 1.54) is 41.3 Å². The van der Waals surface area contributed by atoms with E-state index in [0.717, 1.165) is 5.56 Å². The summed E-state index contributed by atoms with van der Waals surface area (Å²) < 4.78 is 46.1. The van der Waals surface area contributed by atoms with Gasteiger partial charge in [0, 0.05) is 18.4 Å². The molecule has 0 fully saturated rings. The summed E-state index contributed by atoms with van der Waals surface area (Å²) in [4.78, 5) is 23.8. The monoisotopic (exact) mass is 509 g/mol. The van der Waals surface area contributed by atoms with Crippen LogP contribution in [-0.2, 0) is 31.2 Å². The van der Waals surface area contributed by atoms with Crippen LogP contribution in [0.1, 0.15) is 37.2 Å². The van der Waals surface area contributed by atoms with Gasteiger partial charge >= 0.3 is 17.2 Å². The molecule has 0 saturated carbocycles. The standard InChI is InChI=1S/C24H26F3N3O4S/c1-23(2,21(31)32)34-18-12-10-16(11-13-18)6-5-9-20-28-30(22(33)29(20)3)15-17-7-4-8-19(14-17)35-24(25,26)27/h4,7-8,10-14H,5-6,9,15H2,1-3H3,(H,31,32). The van der Waals surface area contributed by atoms with Gasteiger partial charge in [-0.2, -0.15) is 18.3 Å². The topological polar surface area (TPSA) is 86.3 Å². The summed E-state index contributed by atoms with van der Waals surface area (Å²) in [6.07, 6.45) is 1.95. The Balaban J connectivity index is 1.59. The van der Waals surface area contributed by atoms with E-state index < -0.39 is 17.1 Å². The summed E-state index contributed by atoms with van der Waals surface area (Å²) >= 11 is -0.195. The minimum absolute atomic E-state index is 0.0575. The first-order chi connectivity index (χ1) is 16.3. The number of alkyl halides is 3. The summed E-state index contributed by atoms with van der Waals surface area (Å²) in [6, 6.07) is 13.1. The van der Waals surface area contributed by atoms with Crippen LogP contribution >= 0.6 is 11.8 Å². The van der Waals surface area contributed by atoms with E-state index in [-0.39, 0.29) is 28.9 Å². The molecule has 0 radical (unpaired) electrons. The number of thioether (sulfide) groups is 1. The van der Waals surface area contributed by atoms with Gasteiger partial charge in [0.15, 0.2) is 5.60 Å². The third kappa shape index (κ3) is 7.38. The van der Waals surface area contributed by atoms with E-state index in [2.05, 4.69) is 5.10 Å². The number of carbonyl (C=O) groups is 1. The maximum Gasteiger partial charge on any atom is 0.446 e. The molecule has 0 atom stereocenters. The largest absolute Gasteiger partial charge is 0.478 e. The van der Waals surface area contributed by atoms with Crippen molar-refractivity contribution in [2.45, 2.75) is 55.7 Å². The highest BCUT2D eigenvalue weighted by Crippen LogP contribution is 2.37. The molecule has 1 aromatic heterocycles. The lowest BCUT2D eigenvalue weighted by Crippen LogP contribution is -2.37. The van der Waals surface area contributed by atoms with Crippen molar-refractivity contribution in [3.05, 3.63) is 76.0 Å². The fourth-order valence-electron chi connectivity index (χ4n) is 3.38. The van der Waals surface area contributed by atoms with E-state index in [1.807, 2.05) is 12.1 Å². The number of aromatic nitrogens is 3. The number of carboxylic acids is 1. The fraction of sp³-hybridized carbons (Fsp3) is 0.375. The van der Waals surface area contributed by atoms with Gasteiger partial charge in [-0.1, -0.05) is 24.3 Å². The number of ether oxygens (including phenoxy) is 1. The number of benzene rings is 2. The Morgan fingerprint density at radius 3 is 2.40 bits per heavy atom. The lowest BCUT2D eigenvalue weighted by molar-refractivity contribution is -0.152. The Morgan fingerprint density at radius 1 is 1.09 bits per heavy atom. The summed E-state index contributed by atoms with van der Waals surface area (Å²) in [5.41, 5.74) is -4.47. The molecule has 0 saturated heterocycles. The second kappa shape index (κ2) is 10.6. The van der Waals surface area contributed by atoms with Gasteiger partial charge in [-0.15, -0.1) is 0 Å². The van der Waals surface area contributed by atoms with Gasteiger partial charge < -0.3 is 9.84 Å². The van der Waals surface area contributed by atoms with E-state index >= 15 is 0 Å². The number of nitrogens with zero attached hydrogens (tertiary/aromatic N) is 3. The molecule has 0 bridgehead atoms. The van der Waals surface area contributed by atoms with Crippen molar-refractivity contribution in [3.63, 3.8) is 0 Å². The van der Waals surface area contributed by atoms with E-state index in [1.54, 1.807) is 25.2 Å². The highest BCUT2D eigenvalue weighted by Gasteiger charge is 2.30. The van der Waals surface area contributed by atoms with Gasteiger partial charge in [0.25, 0.3) is 0 Å². The van der Waals surface area contributed by atoms with Crippen LogP contribution in [0.5, 0.6) is 5.75 Å². The summed E-state index contributed by atoms with van der Waals surface area (Å²) in [5, 5.41) is 13.5. The third-order valence-electron chi connectivity index (χ3n) is 5.27. The molecule has 11 heteroatoms. The second-order valence-corrected chi connectivity index (χ2v) is 9.66. The molecule has 0 aliphatic rings. The Morgan fingerprint density at radius 2 is 1.77 bits per heavy atom. The van der Waals surface area contributed by atoms with Gasteiger partial charge in [-0.05, 0) is 73.8 Å². The molecule has 0 aliphatic carbocycles. The van der Waals surface area contributed by atoms with Gasteiger partial charge in [0.1, 0.15) is 11.6 Å². The van der Waals surface area contributed by atoms with Gasteiger partial charge in [0.2, 0.25) is 0 Å². The molecule has 0 aliphatic heterocycles. The lowest BCUT2D eigenvalue weighted by Gasteiger charge is -2.21. The van der Waals surface area contributed by atoms with E-state index in [4.69, 9.17) is 9.84 Å². The van der Waals surface area contributed by atoms with Crippen molar-refractivity contribution in [3.8, 4) is 5.75 Å². The maximum atomic E-state index is 12.6. The number of rotatable bonds is 10. The normalized spacial score (nSPS) is 12.1. The molecule has 35 heavy (non-hydrogen) atoms. The smallest absolute Gasteiger partial charge is 0.446 e. The van der Waals surface area contributed by atoms with Crippen LogP contribution in [0.25, 0.3) is 0 Å². The molecule has 1 N–H and O–H groups in total. The van der Waals surface area contributed by atoms with Crippen molar-refractivity contribution in [1.82, 2.24) is 14.3 Å². The first-order valence-corrected chi connectivity index (χ1v) is 11.6. The average Bonchev–Trinajstić information content (AvgIpc) is 3.01. The first-order valence-electron chi connectivity index (χ1n) is 10.8. The number of hydrogen-bond acceptors (Lipinski definition) is 5. The average molecular weight is 510 g/mol. The Hall–Kier alpha value is -3.21. The Kier molecular flexibility index (Phi) is 7.99. The quantitative estimate of drug-likeness (QED) is 0.400.